The van der Waals surface area contributed by atoms with Crippen molar-refractivity contribution >= 4 is 50.1 Å². The number of benzene rings is 1. The Bertz CT molecular complexity index is 1400. The SMILES string of the molecule is CC(=O)C(N)C12CN(S(=O)(=O)c3cc4cc(Cl)ccc4[nH]3)CC(=O)N1CC1(CCN(C(C)=O)CC1)N2C. The Balaban J connectivity index is 1.55. The molecule has 3 fully saturated rings. The van der Waals surface area contributed by atoms with Gasteiger partial charge >= 0.3 is 0 Å². The third kappa shape index (κ3) is 3.88. The van der Waals surface area contributed by atoms with Gasteiger partial charge in [0.15, 0.2) is 0 Å². The number of amides is 2. The van der Waals surface area contributed by atoms with E-state index in [2.05, 4.69) is 4.98 Å². The highest BCUT2D eigenvalue weighted by atomic mass is 35.5. The number of likely N-dealkylation sites (tertiary alicyclic amines) is 1. The van der Waals surface area contributed by atoms with Crippen LogP contribution in [0.5, 0.6) is 0 Å². The molecule has 4 heterocycles. The van der Waals surface area contributed by atoms with Crippen LogP contribution in [0.25, 0.3) is 10.9 Å². The summed E-state index contributed by atoms with van der Waals surface area (Å²) in [5.41, 5.74) is 5.21. The number of fused-ring (bicyclic) bond motifs is 2. The van der Waals surface area contributed by atoms with E-state index in [4.69, 9.17) is 17.3 Å². The number of H-pyrrole nitrogens is 1. The number of aromatic nitrogens is 1. The molecule has 200 valence electrons. The van der Waals surface area contributed by atoms with Crippen LogP contribution in [0.4, 0.5) is 0 Å². The Morgan fingerprint density at radius 3 is 2.43 bits per heavy atom. The lowest BCUT2D eigenvalue weighted by molar-refractivity contribution is -0.152. The van der Waals surface area contributed by atoms with Crippen LogP contribution in [0.2, 0.25) is 5.02 Å². The van der Waals surface area contributed by atoms with Crippen molar-refractivity contribution in [2.45, 2.75) is 49.0 Å². The third-order valence-corrected chi connectivity index (χ3v) is 10.4. The van der Waals surface area contributed by atoms with Gasteiger partial charge in [-0.15, -0.1) is 0 Å². The van der Waals surface area contributed by atoms with Crippen LogP contribution in [0.3, 0.4) is 0 Å². The summed E-state index contributed by atoms with van der Waals surface area (Å²) in [7, 11) is -2.34. The number of carbonyl (C=O) groups excluding carboxylic acids is 3. The number of ketones is 1. The van der Waals surface area contributed by atoms with Crippen molar-refractivity contribution in [2.75, 3.05) is 39.8 Å². The summed E-state index contributed by atoms with van der Waals surface area (Å²) in [6, 6.07) is 5.36. The van der Waals surface area contributed by atoms with E-state index in [1.807, 2.05) is 4.90 Å². The Kier molecular flexibility index (Phi) is 6.19. The lowest BCUT2D eigenvalue weighted by Crippen LogP contribution is -2.76. The van der Waals surface area contributed by atoms with Crippen LogP contribution in [0, 0.1) is 0 Å². The van der Waals surface area contributed by atoms with E-state index in [1.54, 1.807) is 35.0 Å². The molecule has 1 spiro atoms. The first-order chi connectivity index (χ1) is 17.3. The van der Waals surface area contributed by atoms with Crippen LogP contribution < -0.4 is 5.73 Å². The molecule has 2 aromatic rings. The molecule has 0 aliphatic carbocycles. The summed E-state index contributed by atoms with van der Waals surface area (Å²) in [6.45, 7) is 3.68. The molecule has 37 heavy (non-hydrogen) atoms. The highest BCUT2D eigenvalue weighted by Gasteiger charge is 2.66. The van der Waals surface area contributed by atoms with E-state index in [0.29, 0.717) is 48.4 Å². The number of rotatable bonds is 4. The number of sulfonamides is 1. The average molecular weight is 551 g/mol. The van der Waals surface area contributed by atoms with Gasteiger partial charge in [-0.1, -0.05) is 11.6 Å². The zero-order valence-electron chi connectivity index (χ0n) is 21.0. The van der Waals surface area contributed by atoms with Crippen LogP contribution in [-0.4, -0.2) is 107 Å². The summed E-state index contributed by atoms with van der Waals surface area (Å²) < 4.78 is 28.7. The molecule has 11 nitrogen and oxygen atoms in total. The molecule has 1 aromatic carbocycles. The summed E-state index contributed by atoms with van der Waals surface area (Å²) in [5.74, 6) is -0.776. The largest absolute Gasteiger partial charge is 0.345 e. The van der Waals surface area contributed by atoms with E-state index in [0.717, 1.165) is 4.31 Å². The molecule has 2 atom stereocenters. The summed E-state index contributed by atoms with van der Waals surface area (Å²) in [6.07, 6.45) is 1.16. The zero-order chi connectivity index (χ0) is 26.9. The minimum atomic E-state index is -4.15. The molecule has 5 rings (SSSR count). The number of nitrogens with one attached hydrogen (secondary N) is 1. The number of nitrogens with two attached hydrogens (primary N) is 1. The maximum atomic E-state index is 13.8. The predicted molar refractivity (Wildman–Crippen MR) is 137 cm³/mol. The lowest BCUT2D eigenvalue weighted by Gasteiger charge is -2.53. The summed E-state index contributed by atoms with van der Waals surface area (Å²) in [5, 5.41) is 1.03. The second-order valence-corrected chi connectivity index (χ2v) is 12.7. The van der Waals surface area contributed by atoms with Gasteiger partial charge < -0.3 is 20.5 Å². The van der Waals surface area contributed by atoms with E-state index in [9.17, 15) is 22.8 Å². The number of halogens is 1. The predicted octanol–water partition coefficient (Wildman–Crippen LogP) is 0.593. The Hall–Kier alpha value is -2.51. The van der Waals surface area contributed by atoms with Gasteiger partial charge in [0.05, 0.1) is 13.1 Å². The fraction of sp³-hybridized carbons (Fsp3) is 0.542. The number of likely N-dealkylation sites (N-methyl/N-ethyl adjacent to an activating group) is 1. The minimum Gasteiger partial charge on any atom is -0.345 e. The second-order valence-electron chi connectivity index (χ2n) is 10.4. The van der Waals surface area contributed by atoms with Gasteiger partial charge in [-0.2, -0.15) is 4.31 Å². The standard InChI is InChI=1S/C24H31ClN6O5S/c1-15(32)22(26)24-14-30(37(35,36)20-11-17-10-18(25)4-5-19(17)27-20)12-21(34)31(24)13-23(28(24)3)6-8-29(9-7-23)16(2)33/h4-5,10-11,22,27H,6-9,12-14,26H2,1-3H3. The molecular formula is C24H31ClN6O5S. The first kappa shape index (κ1) is 26.1. The van der Waals surface area contributed by atoms with Gasteiger partial charge in [0, 0.05) is 48.0 Å². The number of piperidine rings is 1. The normalized spacial score (nSPS) is 25.6. The van der Waals surface area contributed by atoms with Crippen LogP contribution in [0.1, 0.15) is 26.7 Å². The molecule has 2 amide bonds. The first-order valence-electron chi connectivity index (χ1n) is 12.2. The highest BCUT2D eigenvalue weighted by molar-refractivity contribution is 7.89. The maximum absolute atomic E-state index is 13.8. The average Bonchev–Trinajstić information content (AvgIpc) is 3.38. The fourth-order valence-corrected chi connectivity index (χ4v) is 7.85. The van der Waals surface area contributed by atoms with Crippen molar-refractivity contribution in [1.82, 2.24) is 24.0 Å². The van der Waals surface area contributed by atoms with Crippen LogP contribution in [-0.2, 0) is 24.4 Å². The minimum absolute atomic E-state index is 0.0173. The Morgan fingerprint density at radius 1 is 1.14 bits per heavy atom. The molecule has 0 saturated carbocycles. The van der Waals surface area contributed by atoms with E-state index >= 15 is 0 Å². The molecule has 0 bridgehead atoms. The monoisotopic (exact) mass is 550 g/mol. The Labute approximate surface area is 220 Å². The topological polar surface area (TPSA) is 140 Å². The molecule has 3 N–H and O–H groups in total. The maximum Gasteiger partial charge on any atom is 0.259 e. The number of Topliss-reactive ketones (excluding diaryl/α,β-unsaturated/α-hetero) is 1. The fourth-order valence-electron chi connectivity index (χ4n) is 6.23. The highest BCUT2D eigenvalue weighted by Crippen LogP contribution is 2.46. The summed E-state index contributed by atoms with van der Waals surface area (Å²) in [4.78, 5) is 46.4. The van der Waals surface area contributed by atoms with Gasteiger partial charge in [-0.25, -0.2) is 8.42 Å². The van der Waals surface area contributed by atoms with Crippen LogP contribution >= 0.6 is 11.6 Å². The smallest absolute Gasteiger partial charge is 0.259 e. The van der Waals surface area contributed by atoms with Crippen molar-refractivity contribution < 1.29 is 22.8 Å². The number of piperazine rings is 1. The molecule has 13 heteroatoms. The molecule has 3 saturated heterocycles. The van der Waals surface area contributed by atoms with Crippen molar-refractivity contribution in [3.05, 3.63) is 29.3 Å². The van der Waals surface area contributed by atoms with E-state index in [1.165, 1.54) is 19.9 Å². The number of aromatic amines is 1. The molecular weight excluding hydrogens is 520 g/mol. The van der Waals surface area contributed by atoms with Gasteiger partial charge in [-0.05, 0) is 51.1 Å². The number of hydrogen-bond acceptors (Lipinski definition) is 7. The Morgan fingerprint density at radius 2 is 1.81 bits per heavy atom. The second kappa shape index (κ2) is 8.77. The molecule has 3 aliphatic rings. The van der Waals surface area contributed by atoms with E-state index < -0.39 is 33.2 Å². The molecule has 3 aliphatic heterocycles. The number of carbonyl (C=O) groups is 3. The van der Waals surface area contributed by atoms with Gasteiger partial charge in [0.2, 0.25) is 11.8 Å². The van der Waals surface area contributed by atoms with Gasteiger partial charge in [0.1, 0.15) is 22.5 Å². The van der Waals surface area contributed by atoms with Crippen molar-refractivity contribution in [2.24, 2.45) is 5.73 Å². The van der Waals surface area contributed by atoms with Crippen molar-refractivity contribution in [3.63, 3.8) is 0 Å². The summed E-state index contributed by atoms with van der Waals surface area (Å²) >= 11 is 6.07. The molecule has 2 unspecified atom stereocenters. The number of hydrogen-bond donors (Lipinski definition) is 2. The van der Waals surface area contributed by atoms with E-state index in [-0.39, 0.29) is 29.8 Å². The van der Waals surface area contributed by atoms with Crippen molar-refractivity contribution in [3.8, 4) is 0 Å². The van der Waals surface area contributed by atoms with Gasteiger partial charge in [0.25, 0.3) is 10.0 Å². The first-order valence-corrected chi connectivity index (χ1v) is 14.0. The molecule has 0 radical (unpaired) electrons. The van der Waals surface area contributed by atoms with Gasteiger partial charge in [-0.3, -0.25) is 19.3 Å². The quantitative estimate of drug-likeness (QED) is 0.568. The van der Waals surface area contributed by atoms with Crippen molar-refractivity contribution in [1.29, 1.82) is 0 Å². The lowest BCUT2D eigenvalue weighted by atomic mass is 9.85. The molecule has 1 aromatic heterocycles. The van der Waals surface area contributed by atoms with Crippen LogP contribution in [0.15, 0.2) is 29.3 Å². The number of nitrogens with zero attached hydrogens (tertiary/aromatic N) is 4. The zero-order valence-corrected chi connectivity index (χ0v) is 22.6. The third-order valence-electron chi connectivity index (χ3n) is 8.49.